The van der Waals surface area contributed by atoms with E-state index in [1.54, 1.807) is 13.8 Å². The zero-order valence-corrected chi connectivity index (χ0v) is 32.8. The first-order valence-corrected chi connectivity index (χ1v) is 20.1. The SMILES string of the molecule is CCOC(=O)CCC(=O)[C@H](CSN=O)NC(=O)CC[C@H](NC(=O)CCCC[P+](c1ccccc1)(c1ccccc1)c1ccccc1)C(=O)OCC.[Br-]. The summed E-state index contributed by atoms with van der Waals surface area (Å²) in [7, 11) is -2.05. The number of esters is 2. The van der Waals surface area contributed by atoms with Crippen molar-refractivity contribution >= 4 is 64.7 Å². The van der Waals surface area contributed by atoms with Crippen LogP contribution in [0.3, 0.4) is 0 Å². The van der Waals surface area contributed by atoms with Crippen molar-refractivity contribution in [3.05, 3.63) is 95.9 Å². The lowest BCUT2D eigenvalue weighted by Crippen LogP contribution is -3.00. The second-order valence-electron chi connectivity index (χ2n) is 11.7. The van der Waals surface area contributed by atoms with Crippen molar-refractivity contribution in [3.8, 4) is 0 Å². The number of amides is 2. The van der Waals surface area contributed by atoms with E-state index in [1.165, 1.54) is 15.9 Å². The van der Waals surface area contributed by atoms with Gasteiger partial charge in [-0.2, -0.15) is 0 Å². The molecule has 2 amide bonds. The molecule has 0 saturated carbocycles. The molecule has 0 aliphatic heterocycles. The maximum Gasteiger partial charge on any atom is 0.328 e. The maximum absolute atomic E-state index is 13.2. The smallest absolute Gasteiger partial charge is 0.328 e. The highest BCUT2D eigenvalue weighted by molar-refractivity contribution is 7.98. The number of hydrogen-bond donors (Lipinski definition) is 2. The van der Waals surface area contributed by atoms with Gasteiger partial charge in [0.15, 0.2) is 5.78 Å². The van der Waals surface area contributed by atoms with Crippen LogP contribution in [0.5, 0.6) is 0 Å². The molecule has 0 heterocycles. The number of rotatable bonds is 23. The van der Waals surface area contributed by atoms with Crippen LogP contribution in [0, 0.1) is 4.91 Å². The Kier molecular flexibility index (Phi) is 20.7. The third kappa shape index (κ3) is 13.9. The first-order valence-electron chi connectivity index (χ1n) is 17.2. The van der Waals surface area contributed by atoms with E-state index in [0.717, 1.165) is 12.6 Å². The van der Waals surface area contributed by atoms with Crippen LogP contribution < -0.4 is 43.5 Å². The number of ketones is 1. The maximum atomic E-state index is 13.2. The van der Waals surface area contributed by atoms with Gasteiger partial charge in [-0.25, -0.2) is 4.79 Å². The summed E-state index contributed by atoms with van der Waals surface area (Å²) < 4.78 is 12.7. The minimum Gasteiger partial charge on any atom is -1.00 e. The van der Waals surface area contributed by atoms with Crippen molar-refractivity contribution < 1.29 is 50.4 Å². The fraction of sp³-hybridized carbons (Fsp3) is 0.395. The number of nitrogens with zero attached hydrogens (tertiary/aromatic N) is 1. The van der Waals surface area contributed by atoms with E-state index in [-0.39, 0.29) is 74.0 Å². The second-order valence-corrected chi connectivity index (χ2v) is 16.0. The van der Waals surface area contributed by atoms with E-state index in [2.05, 4.69) is 88.0 Å². The molecule has 0 bridgehead atoms. The van der Waals surface area contributed by atoms with Gasteiger partial charge in [-0.3, -0.25) is 19.2 Å². The van der Waals surface area contributed by atoms with Crippen LogP contribution in [0.4, 0.5) is 0 Å². The fourth-order valence-electron chi connectivity index (χ4n) is 5.77. The Morgan fingerprint density at radius 1 is 0.673 bits per heavy atom. The summed E-state index contributed by atoms with van der Waals surface area (Å²) in [5.41, 5.74) is 0. The van der Waals surface area contributed by atoms with Gasteiger partial charge in [0, 0.05) is 41.5 Å². The molecule has 52 heavy (non-hydrogen) atoms. The van der Waals surface area contributed by atoms with Crippen LogP contribution in [-0.2, 0) is 33.4 Å². The Morgan fingerprint density at radius 2 is 1.17 bits per heavy atom. The van der Waals surface area contributed by atoms with Gasteiger partial charge < -0.3 is 37.1 Å². The lowest BCUT2D eigenvalue weighted by atomic mass is 10.1. The quantitative estimate of drug-likeness (QED) is 0.0479. The van der Waals surface area contributed by atoms with Crippen molar-refractivity contribution in [1.82, 2.24) is 10.6 Å². The molecule has 2 N–H and O–H groups in total. The van der Waals surface area contributed by atoms with E-state index >= 15 is 0 Å². The molecule has 0 saturated heterocycles. The monoisotopic (exact) mass is 815 g/mol. The van der Waals surface area contributed by atoms with Crippen molar-refractivity contribution in [2.24, 2.45) is 4.58 Å². The summed E-state index contributed by atoms with van der Waals surface area (Å²) in [6.07, 6.45) is 1.73. The summed E-state index contributed by atoms with van der Waals surface area (Å²) in [4.78, 5) is 73.9. The molecule has 2 atom stereocenters. The number of carbonyl (C=O) groups is 5. The molecule has 280 valence electrons. The lowest BCUT2D eigenvalue weighted by Gasteiger charge is -2.27. The van der Waals surface area contributed by atoms with E-state index in [1.807, 2.05) is 18.2 Å². The number of halogens is 1. The van der Waals surface area contributed by atoms with Gasteiger partial charge >= 0.3 is 11.9 Å². The van der Waals surface area contributed by atoms with Gasteiger partial charge in [-0.15, -0.1) is 4.91 Å². The summed E-state index contributed by atoms with van der Waals surface area (Å²) in [6.45, 7) is 3.57. The number of Topliss-reactive ketones (excluding diaryl/α,β-unsaturated/α-hetero) is 1. The average molecular weight is 817 g/mol. The molecular weight excluding hydrogens is 769 g/mol. The Morgan fingerprint density at radius 3 is 1.67 bits per heavy atom. The fourth-order valence-corrected chi connectivity index (χ4v) is 10.7. The van der Waals surface area contributed by atoms with E-state index in [9.17, 15) is 28.9 Å². The predicted octanol–water partition coefficient (Wildman–Crippen LogP) is 1.79. The first-order chi connectivity index (χ1) is 24.7. The second kappa shape index (κ2) is 24.3. The number of nitrogens with one attached hydrogen (secondary N) is 2. The zero-order valence-electron chi connectivity index (χ0n) is 29.5. The van der Waals surface area contributed by atoms with Crippen LogP contribution in [0.25, 0.3) is 0 Å². The molecule has 0 aliphatic carbocycles. The minimum atomic E-state index is -2.05. The van der Waals surface area contributed by atoms with Crippen molar-refractivity contribution in [3.63, 3.8) is 0 Å². The summed E-state index contributed by atoms with van der Waals surface area (Å²) in [6, 6.07) is 29.3. The Labute approximate surface area is 321 Å². The standard InChI is InChI=1S/C38H46N3O8PS.BrH/c1-3-48-37(45)26-24-34(42)33(28-51-41-47)40-36(44)25-23-32(38(46)49-4-2)39-35(43)22-14-15-27-50(29-16-8-5-9-17-29,30-18-10-6-11-19-30)31-20-12-7-13-21-31;/h5-13,16-21,32-33H,3-4,14-15,22-28H2,1-2H3,(H-,39,40,43,44);1H/t32-,33-;/m0./s1. The van der Waals surface area contributed by atoms with Gasteiger partial charge in [-0.05, 0) is 69.5 Å². The predicted molar refractivity (Wildman–Crippen MR) is 203 cm³/mol. The van der Waals surface area contributed by atoms with Crippen molar-refractivity contribution in [2.75, 3.05) is 25.1 Å². The molecule has 14 heteroatoms. The third-order valence-electron chi connectivity index (χ3n) is 8.20. The van der Waals surface area contributed by atoms with Gasteiger partial charge in [0.2, 0.25) is 11.8 Å². The van der Waals surface area contributed by atoms with Crippen molar-refractivity contribution in [2.45, 2.75) is 70.9 Å². The van der Waals surface area contributed by atoms with Crippen LogP contribution in [-0.4, -0.2) is 66.7 Å². The molecule has 3 rings (SSSR count). The number of hydrogen-bond acceptors (Lipinski definition) is 10. The molecule has 0 spiro atoms. The third-order valence-corrected chi connectivity index (χ3v) is 13.3. The molecule has 3 aromatic carbocycles. The topological polar surface area (TPSA) is 157 Å². The molecule has 0 fully saturated rings. The number of ether oxygens (including phenoxy) is 2. The average Bonchev–Trinajstić information content (AvgIpc) is 3.15. The minimum absolute atomic E-state index is 0. The molecule has 0 aliphatic rings. The first kappa shape index (κ1) is 44.2. The zero-order chi connectivity index (χ0) is 36.9. The largest absolute Gasteiger partial charge is 1.00 e. The summed E-state index contributed by atoms with van der Waals surface area (Å²) in [5, 5.41) is 9.08. The summed E-state index contributed by atoms with van der Waals surface area (Å²) >= 11 is 0.571. The van der Waals surface area contributed by atoms with Crippen molar-refractivity contribution in [1.29, 1.82) is 0 Å². The normalized spacial score (nSPS) is 12.0. The lowest BCUT2D eigenvalue weighted by molar-refractivity contribution is -0.147. The summed E-state index contributed by atoms with van der Waals surface area (Å²) in [5.74, 6) is -2.68. The highest BCUT2D eigenvalue weighted by atomic mass is 79.9. The van der Waals surface area contributed by atoms with E-state index in [0.29, 0.717) is 18.4 Å². The number of unbranched alkanes of at least 4 members (excludes halogenated alkanes) is 1. The molecule has 0 unspecified atom stereocenters. The molecule has 0 radical (unpaired) electrons. The number of carbonyl (C=O) groups excluding carboxylic acids is 5. The van der Waals surface area contributed by atoms with Crippen LogP contribution in [0.15, 0.2) is 95.6 Å². The molecular formula is C38H47BrN3O8PS. The Balaban J connectivity index is 0.00000936. The van der Waals surface area contributed by atoms with E-state index in [4.69, 9.17) is 9.47 Å². The highest BCUT2D eigenvalue weighted by Gasteiger charge is 2.44. The van der Waals surface area contributed by atoms with Gasteiger partial charge in [0.25, 0.3) is 0 Å². The van der Waals surface area contributed by atoms with Crippen LogP contribution in [0.2, 0.25) is 0 Å². The van der Waals surface area contributed by atoms with Gasteiger partial charge in [0.05, 0.1) is 31.8 Å². The number of benzene rings is 3. The van der Waals surface area contributed by atoms with Gasteiger partial charge in [-0.1, -0.05) is 54.6 Å². The molecule has 3 aromatic rings. The van der Waals surface area contributed by atoms with Crippen LogP contribution in [0.1, 0.15) is 58.8 Å². The Hall–Kier alpha value is -3.93. The van der Waals surface area contributed by atoms with E-state index < -0.39 is 43.0 Å². The van der Waals surface area contributed by atoms with Crippen LogP contribution >= 0.6 is 19.2 Å². The molecule has 0 aromatic heterocycles. The number of nitroso groups, excluding NO2 is 1. The molecule has 11 nitrogen and oxygen atoms in total. The highest BCUT2D eigenvalue weighted by Crippen LogP contribution is 2.55. The Bertz CT molecular complexity index is 1470. The van der Waals surface area contributed by atoms with Gasteiger partial charge in [0.1, 0.15) is 29.2 Å².